The van der Waals surface area contributed by atoms with Crippen LogP contribution in [0.1, 0.15) is 13.8 Å². The van der Waals surface area contributed by atoms with E-state index < -0.39 is 0 Å². The predicted octanol–water partition coefficient (Wildman–Crippen LogP) is 2.77. The van der Waals surface area contributed by atoms with E-state index >= 15 is 0 Å². The molecule has 0 heterocycles. The molecule has 1 nitrogen and oxygen atoms in total. The number of nitrogens with zero attached hydrogens (tertiary/aromatic N) is 1. The molecule has 0 saturated heterocycles. The maximum atomic E-state index is 3.83. The molecule has 60 valence electrons. The predicted molar refractivity (Wildman–Crippen MR) is 52.1 cm³/mol. The van der Waals surface area contributed by atoms with Gasteiger partial charge in [0, 0.05) is 13.3 Å². The van der Waals surface area contributed by atoms with Gasteiger partial charge in [0.05, 0.1) is 0 Å². The summed E-state index contributed by atoms with van der Waals surface area (Å²) in [6.45, 7) is 4.06. The Hall–Kier alpha value is -1.11. The third-order valence-corrected chi connectivity index (χ3v) is 1.15. The number of allylic oxidation sites excluding steroid dienone is 6. The summed E-state index contributed by atoms with van der Waals surface area (Å²) in [5.74, 6) is 0. The lowest BCUT2D eigenvalue weighted by atomic mass is 10.2. The molecule has 0 unspecified atom stereocenters. The molecule has 0 bridgehead atoms. The van der Waals surface area contributed by atoms with E-state index in [0.717, 1.165) is 0 Å². The minimum atomic E-state index is 1.23. The lowest BCUT2D eigenvalue weighted by Crippen LogP contribution is -1.67. The molecule has 0 amide bonds. The molecule has 0 aromatic heterocycles. The Morgan fingerprint density at radius 2 is 2.00 bits per heavy atom. The van der Waals surface area contributed by atoms with E-state index in [0.29, 0.717) is 0 Å². The third-order valence-electron chi connectivity index (χ3n) is 1.15. The molecule has 0 aliphatic rings. The first kappa shape index (κ1) is 9.89. The van der Waals surface area contributed by atoms with Crippen LogP contribution < -0.4 is 0 Å². The smallest absolute Gasteiger partial charge is 0.0277 e. The van der Waals surface area contributed by atoms with Crippen molar-refractivity contribution >= 4 is 6.21 Å². The van der Waals surface area contributed by atoms with Gasteiger partial charge in [0.15, 0.2) is 0 Å². The molecule has 0 atom stereocenters. The maximum absolute atomic E-state index is 3.83. The Morgan fingerprint density at radius 3 is 2.55 bits per heavy atom. The highest BCUT2D eigenvalue weighted by atomic mass is 14.6. The fourth-order valence-corrected chi connectivity index (χ4v) is 0.584. The molecule has 0 rings (SSSR count). The average Bonchev–Trinajstić information content (AvgIpc) is 2.01. The Bertz CT molecular complexity index is 195. The number of rotatable bonds is 3. The van der Waals surface area contributed by atoms with Crippen LogP contribution in [-0.2, 0) is 0 Å². The van der Waals surface area contributed by atoms with E-state index in [1.807, 2.05) is 31.2 Å². The first-order valence-electron chi connectivity index (χ1n) is 3.69. The average molecular weight is 149 g/mol. The zero-order valence-corrected chi connectivity index (χ0v) is 7.41. The summed E-state index contributed by atoms with van der Waals surface area (Å²) in [4.78, 5) is 3.83. The topological polar surface area (TPSA) is 12.4 Å². The lowest BCUT2D eigenvalue weighted by molar-refractivity contribution is 1.47. The summed E-state index contributed by atoms with van der Waals surface area (Å²) in [6.07, 6.45) is 11.8. The van der Waals surface area contributed by atoms with E-state index in [9.17, 15) is 0 Å². The van der Waals surface area contributed by atoms with Gasteiger partial charge in [-0.15, -0.1) is 0 Å². The van der Waals surface area contributed by atoms with Crippen molar-refractivity contribution in [3.63, 3.8) is 0 Å². The summed E-state index contributed by atoms with van der Waals surface area (Å²) in [7, 11) is 1.76. The maximum Gasteiger partial charge on any atom is 0.0277 e. The van der Waals surface area contributed by atoms with Crippen LogP contribution in [0.3, 0.4) is 0 Å². The van der Waals surface area contributed by atoms with Gasteiger partial charge in [-0.05, 0) is 19.9 Å². The van der Waals surface area contributed by atoms with E-state index in [4.69, 9.17) is 0 Å². The minimum absolute atomic E-state index is 1.23. The second-order valence-corrected chi connectivity index (χ2v) is 2.20. The van der Waals surface area contributed by atoms with Gasteiger partial charge in [-0.2, -0.15) is 0 Å². The largest absolute Gasteiger partial charge is 0.297 e. The highest BCUT2D eigenvalue weighted by Crippen LogP contribution is 1.93. The molecule has 0 spiro atoms. The Labute approximate surface area is 68.9 Å². The highest BCUT2D eigenvalue weighted by Gasteiger charge is 1.74. The zero-order chi connectivity index (χ0) is 8.53. The van der Waals surface area contributed by atoms with Gasteiger partial charge >= 0.3 is 0 Å². The van der Waals surface area contributed by atoms with Crippen molar-refractivity contribution in [3.8, 4) is 0 Å². The van der Waals surface area contributed by atoms with Crippen LogP contribution in [-0.4, -0.2) is 13.3 Å². The van der Waals surface area contributed by atoms with Gasteiger partial charge in [0.25, 0.3) is 0 Å². The second-order valence-electron chi connectivity index (χ2n) is 2.20. The molecule has 0 aromatic rings. The van der Waals surface area contributed by atoms with E-state index in [-0.39, 0.29) is 0 Å². The standard InChI is InChI=1S/C10H15N/c1-4-5-7-10(2)8-6-9-11-3/h4-9H,1-3H3/b5-4-,8-6-,10-7+,11-9?. The fourth-order valence-electron chi connectivity index (χ4n) is 0.584. The van der Waals surface area contributed by atoms with Gasteiger partial charge in [-0.25, -0.2) is 0 Å². The fraction of sp³-hybridized carbons (Fsp3) is 0.300. The van der Waals surface area contributed by atoms with Gasteiger partial charge in [-0.3, -0.25) is 4.99 Å². The van der Waals surface area contributed by atoms with Crippen molar-refractivity contribution in [2.24, 2.45) is 4.99 Å². The van der Waals surface area contributed by atoms with Crippen molar-refractivity contribution < 1.29 is 0 Å². The first-order valence-corrected chi connectivity index (χ1v) is 3.69. The molecule has 11 heavy (non-hydrogen) atoms. The zero-order valence-electron chi connectivity index (χ0n) is 7.41. The van der Waals surface area contributed by atoms with E-state index in [1.165, 1.54) is 5.57 Å². The van der Waals surface area contributed by atoms with Gasteiger partial charge in [0.1, 0.15) is 0 Å². The van der Waals surface area contributed by atoms with Crippen LogP contribution in [0.4, 0.5) is 0 Å². The van der Waals surface area contributed by atoms with Crippen molar-refractivity contribution in [1.29, 1.82) is 0 Å². The normalized spacial score (nSPS) is 14.3. The molecule has 1 heteroatoms. The summed E-state index contributed by atoms with van der Waals surface area (Å²) < 4.78 is 0. The Balaban J connectivity index is 3.94. The van der Waals surface area contributed by atoms with Crippen LogP contribution >= 0.6 is 0 Å². The number of hydrogen-bond acceptors (Lipinski definition) is 1. The molecule has 0 aromatic carbocycles. The lowest BCUT2D eigenvalue weighted by Gasteiger charge is -1.84. The SMILES string of the molecule is C\C=C/C=C(C)/C=C\C=NC. The summed E-state index contributed by atoms with van der Waals surface area (Å²) in [6, 6.07) is 0. The quantitative estimate of drug-likeness (QED) is 0.432. The van der Waals surface area contributed by atoms with Crippen LogP contribution in [0.5, 0.6) is 0 Å². The van der Waals surface area contributed by atoms with Crippen molar-refractivity contribution in [2.45, 2.75) is 13.8 Å². The summed E-state index contributed by atoms with van der Waals surface area (Å²) in [5, 5.41) is 0. The molecule has 0 N–H and O–H groups in total. The first-order chi connectivity index (χ1) is 5.31. The number of aliphatic imine (C=N–C) groups is 1. The van der Waals surface area contributed by atoms with Crippen molar-refractivity contribution in [1.82, 2.24) is 0 Å². The molecule has 0 saturated carbocycles. The Morgan fingerprint density at radius 1 is 1.27 bits per heavy atom. The van der Waals surface area contributed by atoms with Crippen LogP contribution in [0.2, 0.25) is 0 Å². The highest BCUT2D eigenvalue weighted by molar-refractivity contribution is 5.71. The van der Waals surface area contributed by atoms with Crippen LogP contribution in [0.15, 0.2) is 40.9 Å². The molecular formula is C10H15N. The minimum Gasteiger partial charge on any atom is -0.297 e. The van der Waals surface area contributed by atoms with E-state index in [2.05, 4.69) is 18.0 Å². The third kappa shape index (κ3) is 6.78. The van der Waals surface area contributed by atoms with Gasteiger partial charge in [0.2, 0.25) is 0 Å². The molecular weight excluding hydrogens is 134 g/mol. The molecule has 0 radical (unpaired) electrons. The van der Waals surface area contributed by atoms with Crippen LogP contribution in [0.25, 0.3) is 0 Å². The Kier molecular flexibility index (Phi) is 6.30. The van der Waals surface area contributed by atoms with Crippen LogP contribution in [0, 0.1) is 0 Å². The second kappa shape index (κ2) is 7.00. The molecule has 0 fully saturated rings. The van der Waals surface area contributed by atoms with Crippen molar-refractivity contribution in [2.75, 3.05) is 7.05 Å². The molecule has 0 aliphatic carbocycles. The van der Waals surface area contributed by atoms with Gasteiger partial charge < -0.3 is 0 Å². The summed E-state index contributed by atoms with van der Waals surface area (Å²) >= 11 is 0. The monoisotopic (exact) mass is 149 g/mol. The summed E-state index contributed by atoms with van der Waals surface area (Å²) in [5.41, 5.74) is 1.23. The molecule has 0 aliphatic heterocycles. The number of hydrogen-bond donors (Lipinski definition) is 0. The van der Waals surface area contributed by atoms with Crippen molar-refractivity contribution in [3.05, 3.63) is 36.0 Å². The van der Waals surface area contributed by atoms with Gasteiger partial charge in [-0.1, -0.05) is 29.9 Å². The van der Waals surface area contributed by atoms with E-state index in [1.54, 1.807) is 13.3 Å².